The van der Waals surface area contributed by atoms with Crippen LogP contribution in [0, 0.1) is 5.41 Å². The second-order valence-electron chi connectivity index (χ2n) is 5.91. The van der Waals surface area contributed by atoms with E-state index in [1.54, 1.807) is 0 Å². The molecule has 0 aromatic carbocycles. The van der Waals surface area contributed by atoms with E-state index in [1.165, 1.54) is 0 Å². The average Bonchev–Trinajstić information content (AvgIpc) is 2.16. The fourth-order valence-electron chi connectivity index (χ4n) is 2.02. The summed E-state index contributed by atoms with van der Waals surface area (Å²) in [5.74, 6) is 0. The Bertz CT molecular complexity index is 179. The molecule has 0 rings (SSSR count). The molecule has 0 radical (unpaired) electrons. The van der Waals surface area contributed by atoms with Crippen molar-refractivity contribution < 1.29 is 5.11 Å². The number of rotatable bonds is 9. The van der Waals surface area contributed by atoms with Gasteiger partial charge in [-0.25, -0.2) is 0 Å². The molecule has 0 fully saturated rings. The van der Waals surface area contributed by atoms with Gasteiger partial charge in [0.1, 0.15) is 6.23 Å². The van der Waals surface area contributed by atoms with E-state index < -0.39 is 6.23 Å². The third-order valence-electron chi connectivity index (χ3n) is 3.42. The Morgan fingerprint density at radius 3 is 1.59 bits per heavy atom. The fraction of sp³-hybridized carbons (Fsp3) is 1.00. The van der Waals surface area contributed by atoms with Gasteiger partial charge in [0, 0.05) is 5.41 Å². The van der Waals surface area contributed by atoms with Crippen LogP contribution in [0.1, 0.15) is 32.6 Å². The first-order chi connectivity index (χ1) is 7.78. The van der Waals surface area contributed by atoms with E-state index in [2.05, 4.69) is 44.9 Å². The van der Waals surface area contributed by atoms with Crippen LogP contribution >= 0.6 is 0 Å². The van der Waals surface area contributed by atoms with E-state index in [9.17, 15) is 5.11 Å². The van der Waals surface area contributed by atoms with Gasteiger partial charge in [-0.3, -0.25) is 0 Å². The van der Waals surface area contributed by atoms with E-state index in [4.69, 9.17) is 5.73 Å². The summed E-state index contributed by atoms with van der Waals surface area (Å²) in [5.41, 5.74) is 5.59. The molecule has 0 aromatic heterocycles. The molecule has 1 atom stereocenters. The van der Waals surface area contributed by atoms with Gasteiger partial charge in [-0.2, -0.15) is 0 Å². The summed E-state index contributed by atoms with van der Waals surface area (Å²) < 4.78 is 0. The van der Waals surface area contributed by atoms with Gasteiger partial charge in [0.2, 0.25) is 0 Å². The number of hydrogen-bond acceptors (Lipinski definition) is 4. The molecule has 0 spiro atoms. The summed E-state index contributed by atoms with van der Waals surface area (Å²) in [6, 6.07) is 0. The molecule has 4 heteroatoms. The van der Waals surface area contributed by atoms with Crippen molar-refractivity contribution in [3.8, 4) is 0 Å². The van der Waals surface area contributed by atoms with Crippen molar-refractivity contribution in [1.29, 1.82) is 0 Å². The zero-order valence-corrected chi connectivity index (χ0v) is 12.2. The second-order valence-corrected chi connectivity index (χ2v) is 5.91. The van der Waals surface area contributed by atoms with E-state index in [0.29, 0.717) is 0 Å². The molecule has 0 heterocycles. The normalized spacial score (nSPS) is 14.6. The van der Waals surface area contributed by atoms with Crippen LogP contribution in [0.4, 0.5) is 0 Å². The van der Waals surface area contributed by atoms with Gasteiger partial charge in [-0.15, -0.1) is 0 Å². The molecule has 0 aliphatic heterocycles. The topological polar surface area (TPSA) is 52.7 Å². The number of nitrogens with two attached hydrogens (primary N) is 1. The summed E-state index contributed by atoms with van der Waals surface area (Å²) in [5, 5.41) is 9.75. The molecule has 0 aliphatic carbocycles. The van der Waals surface area contributed by atoms with Gasteiger partial charge in [-0.05, 0) is 67.0 Å². The van der Waals surface area contributed by atoms with Gasteiger partial charge in [0.15, 0.2) is 0 Å². The molecule has 0 saturated carbocycles. The van der Waals surface area contributed by atoms with Gasteiger partial charge in [0.25, 0.3) is 0 Å². The molecule has 17 heavy (non-hydrogen) atoms. The highest BCUT2D eigenvalue weighted by atomic mass is 16.3. The lowest BCUT2D eigenvalue weighted by atomic mass is 9.79. The van der Waals surface area contributed by atoms with Crippen molar-refractivity contribution in [2.45, 2.75) is 38.8 Å². The van der Waals surface area contributed by atoms with Gasteiger partial charge in [0.05, 0.1) is 0 Å². The standard InChI is InChI=1S/C13H31N3O/c1-13(12(14)17,8-6-10-15(2)3)9-7-11-16(4)5/h12,17H,6-11,14H2,1-5H3. The van der Waals surface area contributed by atoms with Crippen molar-refractivity contribution in [3.05, 3.63) is 0 Å². The maximum Gasteiger partial charge on any atom is 0.107 e. The number of nitrogens with zero attached hydrogens (tertiary/aromatic N) is 2. The van der Waals surface area contributed by atoms with Crippen molar-refractivity contribution in [2.24, 2.45) is 11.1 Å². The summed E-state index contributed by atoms with van der Waals surface area (Å²) >= 11 is 0. The molecule has 4 nitrogen and oxygen atoms in total. The van der Waals surface area contributed by atoms with Crippen LogP contribution in [0.5, 0.6) is 0 Å². The quantitative estimate of drug-likeness (QED) is 0.594. The Morgan fingerprint density at radius 2 is 1.35 bits per heavy atom. The third kappa shape index (κ3) is 7.71. The monoisotopic (exact) mass is 245 g/mol. The Morgan fingerprint density at radius 1 is 1.00 bits per heavy atom. The van der Waals surface area contributed by atoms with Crippen LogP contribution in [-0.2, 0) is 0 Å². The van der Waals surface area contributed by atoms with E-state index >= 15 is 0 Å². The highest BCUT2D eigenvalue weighted by Crippen LogP contribution is 2.31. The lowest BCUT2D eigenvalue weighted by Crippen LogP contribution is -2.40. The maximum atomic E-state index is 9.75. The summed E-state index contributed by atoms with van der Waals surface area (Å²) in [6.45, 7) is 4.20. The molecular weight excluding hydrogens is 214 g/mol. The van der Waals surface area contributed by atoms with Crippen LogP contribution in [0.15, 0.2) is 0 Å². The predicted octanol–water partition coefficient (Wildman–Crippen LogP) is 0.953. The minimum Gasteiger partial charge on any atom is -0.378 e. The summed E-state index contributed by atoms with van der Waals surface area (Å²) in [7, 11) is 8.29. The molecule has 0 aliphatic rings. The lowest BCUT2D eigenvalue weighted by molar-refractivity contribution is 0.0239. The molecule has 0 aromatic rings. The first-order valence-corrected chi connectivity index (χ1v) is 6.51. The number of aliphatic hydroxyl groups excluding tert-OH is 1. The number of aliphatic hydroxyl groups is 1. The van der Waals surface area contributed by atoms with E-state index in [1.807, 2.05) is 0 Å². The predicted molar refractivity (Wildman–Crippen MR) is 73.9 cm³/mol. The molecular formula is C13H31N3O. The van der Waals surface area contributed by atoms with Crippen LogP contribution in [0.2, 0.25) is 0 Å². The minimum absolute atomic E-state index is 0.147. The lowest BCUT2D eigenvalue weighted by Gasteiger charge is -2.33. The zero-order chi connectivity index (χ0) is 13.5. The Labute approximate surface area is 107 Å². The molecule has 0 saturated heterocycles. The van der Waals surface area contributed by atoms with Crippen molar-refractivity contribution in [3.63, 3.8) is 0 Å². The first kappa shape index (κ1) is 16.8. The van der Waals surface area contributed by atoms with E-state index in [-0.39, 0.29) is 5.41 Å². The Balaban J connectivity index is 4.07. The van der Waals surface area contributed by atoms with Crippen molar-refractivity contribution in [1.82, 2.24) is 9.80 Å². The third-order valence-corrected chi connectivity index (χ3v) is 3.42. The van der Waals surface area contributed by atoms with Crippen LogP contribution in [0.3, 0.4) is 0 Å². The number of hydrogen-bond donors (Lipinski definition) is 2. The van der Waals surface area contributed by atoms with Crippen LogP contribution in [0.25, 0.3) is 0 Å². The minimum atomic E-state index is -0.716. The van der Waals surface area contributed by atoms with Gasteiger partial charge in [-0.1, -0.05) is 6.92 Å². The zero-order valence-electron chi connectivity index (χ0n) is 12.2. The van der Waals surface area contributed by atoms with Crippen LogP contribution < -0.4 is 5.73 Å². The van der Waals surface area contributed by atoms with Gasteiger partial charge < -0.3 is 20.6 Å². The SMILES string of the molecule is CN(C)CCCC(C)(CCCN(C)C)C(N)O. The molecule has 3 N–H and O–H groups in total. The Hall–Kier alpha value is -0.160. The molecule has 0 bridgehead atoms. The molecule has 1 unspecified atom stereocenters. The van der Waals surface area contributed by atoms with Crippen molar-refractivity contribution >= 4 is 0 Å². The second kappa shape index (κ2) is 8.03. The summed E-state index contributed by atoms with van der Waals surface area (Å²) in [4.78, 5) is 4.34. The highest BCUT2D eigenvalue weighted by molar-refractivity contribution is 4.79. The van der Waals surface area contributed by atoms with E-state index in [0.717, 1.165) is 38.8 Å². The molecule has 0 amide bonds. The first-order valence-electron chi connectivity index (χ1n) is 6.51. The maximum absolute atomic E-state index is 9.75. The Kier molecular flexibility index (Phi) is 7.96. The average molecular weight is 245 g/mol. The summed E-state index contributed by atoms with van der Waals surface area (Å²) in [6.07, 6.45) is 3.42. The molecule has 104 valence electrons. The fourth-order valence-corrected chi connectivity index (χ4v) is 2.02. The smallest absolute Gasteiger partial charge is 0.107 e. The van der Waals surface area contributed by atoms with Gasteiger partial charge >= 0.3 is 0 Å². The van der Waals surface area contributed by atoms with Crippen LogP contribution in [-0.4, -0.2) is 62.4 Å². The largest absolute Gasteiger partial charge is 0.378 e. The highest BCUT2D eigenvalue weighted by Gasteiger charge is 2.29. The van der Waals surface area contributed by atoms with Crippen molar-refractivity contribution in [2.75, 3.05) is 41.3 Å².